The molecule has 26 heavy (non-hydrogen) atoms. The van der Waals surface area contributed by atoms with Crippen molar-refractivity contribution >= 4 is 17.7 Å². The fourth-order valence-corrected chi connectivity index (χ4v) is 2.17. The number of amides is 1. The molecule has 2 aromatic rings. The van der Waals surface area contributed by atoms with Gasteiger partial charge in [-0.05, 0) is 48.7 Å². The van der Waals surface area contributed by atoms with Crippen molar-refractivity contribution in [2.24, 2.45) is 0 Å². The monoisotopic (exact) mass is 357 g/mol. The largest absolute Gasteiger partial charge is 0.490 e. The number of nitrogens with one attached hydrogen (secondary N) is 1. The first kappa shape index (κ1) is 19.5. The Morgan fingerprint density at radius 3 is 2.31 bits per heavy atom. The summed E-state index contributed by atoms with van der Waals surface area (Å²) in [6.07, 6.45) is 4.81. The number of rotatable bonds is 9. The summed E-state index contributed by atoms with van der Waals surface area (Å²) in [5.41, 5.74) is 1.37. The van der Waals surface area contributed by atoms with Gasteiger partial charge in [0.05, 0.1) is 13.2 Å². The van der Waals surface area contributed by atoms with Gasteiger partial charge in [-0.15, -0.1) is 0 Å². The molecule has 2 rings (SSSR count). The quantitative estimate of drug-likeness (QED) is 0.639. The van der Waals surface area contributed by atoms with E-state index in [0.717, 1.165) is 18.4 Å². The number of carbonyl (C=O) groups is 1. The third kappa shape index (κ3) is 6.24. The van der Waals surface area contributed by atoms with Crippen molar-refractivity contribution in [1.82, 2.24) is 0 Å². The van der Waals surface area contributed by atoms with Gasteiger partial charge in [-0.2, -0.15) is 0 Å². The summed E-state index contributed by atoms with van der Waals surface area (Å²) in [7, 11) is 0. The minimum Gasteiger partial charge on any atom is -0.490 e. The van der Waals surface area contributed by atoms with Crippen molar-refractivity contribution in [1.29, 1.82) is 0 Å². The average Bonchev–Trinajstić information content (AvgIpc) is 2.65. The third-order valence-electron chi connectivity index (χ3n) is 3.43. The second-order valence-electron chi connectivity index (χ2n) is 5.73. The third-order valence-corrected chi connectivity index (χ3v) is 3.43. The zero-order valence-corrected chi connectivity index (χ0v) is 15.1. The Morgan fingerprint density at radius 1 is 1.00 bits per heavy atom. The maximum atomic E-state index is 12.9. The molecule has 0 bridgehead atoms. The molecule has 0 radical (unpaired) electrons. The van der Waals surface area contributed by atoms with Crippen LogP contribution in [0.15, 0.2) is 48.5 Å². The van der Waals surface area contributed by atoms with Crippen LogP contribution in [0.1, 0.15) is 32.3 Å². The van der Waals surface area contributed by atoms with Crippen LogP contribution in [0.2, 0.25) is 0 Å². The molecule has 5 heteroatoms. The van der Waals surface area contributed by atoms with Crippen molar-refractivity contribution in [3.05, 3.63) is 59.9 Å². The van der Waals surface area contributed by atoms with Gasteiger partial charge in [-0.3, -0.25) is 4.79 Å². The molecule has 0 aliphatic rings. The number of benzene rings is 2. The van der Waals surface area contributed by atoms with Gasteiger partial charge in [0.2, 0.25) is 5.91 Å². The van der Waals surface area contributed by atoms with E-state index < -0.39 is 0 Å². The smallest absolute Gasteiger partial charge is 0.248 e. The number of halogens is 1. The van der Waals surface area contributed by atoms with Crippen molar-refractivity contribution in [2.75, 3.05) is 18.5 Å². The van der Waals surface area contributed by atoms with Crippen LogP contribution in [0, 0.1) is 5.82 Å². The van der Waals surface area contributed by atoms with E-state index in [0.29, 0.717) is 30.4 Å². The zero-order valence-electron chi connectivity index (χ0n) is 15.1. The number of hydrogen-bond acceptors (Lipinski definition) is 3. The van der Waals surface area contributed by atoms with Crippen LogP contribution in [0.5, 0.6) is 11.5 Å². The summed E-state index contributed by atoms with van der Waals surface area (Å²) in [5, 5.41) is 2.79. The summed E-state index contributed by atoms with van der Waals surface area (Å²) in [5.74, 6) is 0.690. The fraction of sp³-hybridized carbons (Fsp3) is 0.286. The van der Waals surface area contributed by atoms with Gasteiger partial charge in [0.15, 0.2) is 11.5 Å². The molecular weight excluding hydrogens is 333 g/mol. The van der Waals surface area contributed by atoms with Gasteiger partial charge in [0.1, 0.15) is 5.82 Å². The Balaban J connectivity index is 2.04. The van der Waals surface area contributed by atoms with Crippen molar-refractivity contribution in [2.45, 2.75) is 26.7 Å². The van der Waals surface area contributed by atoms with E-state index >= 15 is 0 Å². The van der Waals surface area contributed by atoms with Crippen LogP contribution in [0.25, 0.3) is 6.08 Å². The van der Waals surface area contributed by atoms with Crippen LogP contribution in [-0.2, 0) is 4.79 Å². The van der Waals surface area contributed by atoms with Crippen molar-refractivity contribution < 1.29 is 18.7 Å². The highest BCUT2D eigenvalue weighted by Gasteiger charge is 2.08. The van der Waals surface area contributed by atoms with Gasteiger partial charge in [0.25, 0.3) is 0 Å². The predicted molar refractivity (Wildman–Crippen MR) is 102 cm³/mol. The minimum absolute atomic E-state index is 0.280. The van der Waals surface area contributed by atoms with Crippen LogP contribution in [0.4, 0.5) is 10.1 Å². The van der Waals surface area contributed by atoms with Crippen LogP contribution in [-0.4, -0.2) is 19.1 Å². The Bertz CT molecular complexity index is 741. The molecule has 0 aliphatic heterocycles. The molecule has 0 saturated carbocycles. The lowest BCUT2D eigenvalue weighted by molar-refractivity contribution is -0.111. The number of hydrogen-bond donors (Lipinski definition) is 1. The minimum atomic E-state index is -0.309. The Labute approximate surface area is 153 Å². The Hall–Kier alpha value is -2.82. The molecule has 138 valence electrons. The van der Waals surface area contributed by atoms with Gasteiger partial charge >= 0.3 is 0 Å². The van der Waals surface area contributed by atoms with E-state index in [9.17, 15) is 9.18 Å². The molecule has 1 N–H and O–H groups in total. The average molecular weight is 357 g/mol. The summed E-state index contributed by atoms with van der Waals surface area (Å²) in [6, 6.07) is 11.2. The predicted octanol–water partition coefficient (Wildman–Crippen LogP) is 5.06. The molecule has 0 unspecified atom stereocenters. The highest BCUT2D eigenvalue weighted by Crippen LogP contribution is 2.31. The molecule has 0 aliphatic carbocycles. The molecule has 0 atom stereocenters. The van der Waals surface area contributed by atoms with Gasteiger partial charge in [-0.25, -0.2) is 4.39 Å². The van der Waals surface area contributed by atoms with Gasteiger partial charge < -0.3 is 14.8 Å². The molecule has 0 spiro atoms. The van der Waals surface area contributed by atoms with Gasteiger partial charge in [0, 0.05) is 17.8 Å². The topological polar surface area (TPSA) is 47.6 Å². The first-order valence-electron chi connectivity index (χ1n) is 8.76. The lowest BCUT2D eigenvalue weighted by atomic mass is 10.2. The van der Waals surface area contributed by atoms with Crippen molar-refractivity contribution in [3.63, 3.8) is 0 Å². The van der Waals surface area contributed by atoms with E-state index in [1.807, 2.05) is 13.8 Å². The molecule has 1 amide bonds. The zero-order chi connectivity index (χ0) is 18.8. The summed E-state index contributed by atoms with van der Waals surface area (Å²) < 4.78 is 24.3. The maximum Gasteiger partial charge on any atom is 0.248 e. The lowest BCUT2D eigenvalue weighted by Gasteiger charge is -2.13. The molecule has 0 aromatic heterocycles. The van der Waals surface area contributed by atoms with E-state index in [4.69, 9.17) is 9.47 Å². The molecule has 2 aromatic carbocycles. The molecule has 0 saturated heterocycles. The highest BCUT2D eigenvalue weighted by atomic mass is 19.1. The van der Waals surface area contributed by atoms with E-state index in [1.54, 1.807) is 36.4 Å². The van der Waals surface area contributed by atoms with Crippen LogP contribution in [0.3, 0.4) is 0 Å². The van der Waals surface area contributed by atoms with Crippen LogP contribution >= 0.6 is 0 Å². The summed E-state index contributed by atoms with van der Waals surface area (Å²) >= 11 is 0. The fourth-order valence-electron chi connectivity index (χ4n) is 2.17. The first-order valence-corrected chi connectivity index (χ1v) is 8.76. The van der Waals surface area contributed by atoms with E-state index in [-0.39, 0.29) is 11.7 Å². The number of ether oxygens (including phenoxy) is 2. The molecule has 4 nitrogen and oxygen atoms in total. The molecule has 0 heterocycles. The van der Waals surface area contributed by atoms with Gasteiger partial charge in [-0.1, -0.05) is 26.0 Å². The molecular formula is C21H24FNO3. The second kappa shape index (κ2) is 10.2. The maximum absolute atomic E-state index is 12.9. The molecule has 0 fully saturated rings. The van der Waals surface area contributed by atoms with E-state index in [2.05, 4.69) is 5.32 Å². The SMILES string of the molecule is CCCOc1ccc(NC(=O)/C=C/c2ccc(F)cc2)cc1OCCC. The normalized spacial score (nSPS) is 10.7. The summed E-state index contributed by atoms with van der Waals surface area (Å²) in [4.78, 5) is 12.1. The number of anilines is 1. The Kier molecular flexibility index (Phi) is 7.68. The Morgan fingerprint density at radius 2 is 1.65 bits per heavy atom. The van der Waals surface area contributed by atoms with Crippen LogP contribution < -0.4 is 14.8 Å². The van der Waals surface area contributed by atoms with Crippen molar-refractivity contribution in [3.8, 4) is 11.5 Å². The first-order chi connectivity index (χ1) is 12.6. The highest BCUT2D eigenvalue weighted by molar-refractivity contribution is 6.02. The second-order valence-corrected chi connectivity index (χ2v) is 5.73. The standard InChI is InChI=1S/C21H24FNO3/c1-3-13-25-19-11-10-18(15-20(19)26-14-4-2)23-21(24)12-7-16-5-8-17(22)9-6-16/h5-12,15H,3-4,13-14H2,1-2H3,(H,23,24)/b12-7+. The number of carbonyl (C=O) groups excluding carboxylic acids is 1. The lowest BCUT2D eigenvalue weighted by Crippen LogP contribution is -2.08. The van der Waals surface area contributed by atoms with E-state index in [1.165, 1.54) is 18.2 Å². The summed E-state index contributed by atoms with van der Waals surface area (Å²) in [6.45, 7) is 5.24.